The number of carbonyl (C=O) groups is 1. The predicted molar refractivity (Wildman–Crippen MR) is 77.9 cm³/mol. The molecule has 1 heterocycles. The zero-order chi connectivity index (χ0) is 13.9. The molecule has 0 aromatic heterocycles. The van der Waals surface area contributed by atoms with Crippen LogP contribution in [0.2, 0.25) is 0 Å². The van der Waals surface area contributed by atoms with Crippen LogP contribution in [-0.2, 0) is 17.8 Å². The average molecular weight is 260 g/mol. The Morgan fingerprint density at radius 3 is 2.63 bits per heavy atom. The Morgan fingerprint density at radius 1 is 1.26 bits per heavy atom. The molecule has 1 amide bonds. The maximum Gasteiger partial charge on any atom is 0.224 e. The summed E-state index contributed by atoms with van der Waals surface area (Å²) >= 11 is 0. The molecule has 1 aromatic carbocycles. The first kappa shape index (κ1) is 14.1. The number of hydrogen-bond donors (Lipinski definition) is 1. The minimum absolute atomic E-state index is 0.0782. The molecule has 0 saturated carbocycles. The van der Waals surface area contributed by atoms with Gasteiger partial charge in [-0.1, -0.05) is 24.3 Å². The van der Waals surface area contributed by atoms with Gasteiger partial charge in [0.1, 0.15) is 0 Å². The fraction of sp³-hybridized carbons (Fsp3) is 0.562. The predicted octanol–water partition coefficient (Wildman–Crippen LogP) is 2.35. The van der Waals surface area contributed by atoms with Crippen molar-refractivity contribution >= 4 is 5.91 Å². The maximum atomic E-state index is 12.2. The lowest BCUT2D eigenvalue weighted by Gasteiger charge is -2.29. The number of fused-ring (bicyclic) bond motifs is 1. The number of benzene rings is 1. The van der Waals surface area contributed by atoms with E-state index in [9.17, 15) is 4.79 Å². The Balaban J connectivity index is 1.85. The van der Waals surface area contributed by atoms with Gasteiger partial charge in [-0.2, -0.15) is 0 Å². The summed E-state index contributed by atoms with van der Waals surface area (Å²) in [6.45, 7) is 8.73. The largest absolute Gasteiger partial charge is 0.338 e. The summed E-state index contributed by atoms with van der Waals surface area (Å²) in [5, 5.41) is 3.36. The van der Waals surface area contributed by atoms with Crippen LogP contribution in [0.15, 0.2) is 24.3 Å². The highest BCUT2D eigenvalue weighted by Gasteiger charge is 2.20. The van der Waals surface area contributed by atoms with Crippen LogP contribution in [0.1, 0.15) is 38.3 Å². The van der Waals surface area contributed by atoms with Gasteiger partial charge >= 0.3 is 0 Å². The fourth-order valence-corrected chi connectivity index (χ4v) is 2.41. The van der Waals surface area contributed by atoms with E-state index >= 15 is 0 Å². The molecule has 0 spiro atoms. The molecule has 0 fully saturated rings. The summed E-state index contributed by atoms with van der Waals surface area (Å²) in [7, 11) is 0. The molecule has 1 N–H and O–H groups in total. The van der Waals surface area contributed by atoms with Gasteiger partial charge in [-0.25, -0.2) is 0 Å². The summed E-state index contributed by atoms with van der Waals surface area (Å²) in [6, 6.07) is 8.41. The Bertz CT molecular complexity index is 448. The quantitative estimate of drug-likeness (QED) is 0.905. The molecule has 0 unspecified atom stereocenters. The Labute approximate surface area is 116 Å². The van der Waals surface area contributed by atoms with E-state index in [0.29, 0.717) is 6.42 Å². The minimum Gasteiger partial charge on any atom is -0.338 e. The van der Waals surface area contributed by atoms with Crippen LogP contribution >= 0.6 is 0 Å². The van der Waals surface area contributed by atoms with Gasteiger partial charge in [0.05, 0.1) is 0 Å². The van der Waals surface area contributed by atoms with Crippen LogP contribution in [-0.4, -0.2) is 29.4 Å². The molecule has 0 saturated heterocycles. The molecule has 0 bridgehead atoms. The lowest BCUT2D eigenvalue weighted by Crippen LogP contribution is -2.41. The van der Waals surface area contributed by atoms with Crippen molar-refractivity contribution in [3.8, 4) is 0 Å². The highest BCUT2D eigenvalue weighted by atomic mass is 16.2. The molecule has 1 aliphatic rings. The third kappa shape index (κ3) is 4.06. The first-order valence-electron chi connectivity index (χ1n) is 7.05. The van der Waals surface area contributed by atoms with E-state index in [1.165, 1.54) is 11.1 Å². The van der Waals surface area contributed by atoms with Crippen molar-refractivity contribution in [3.63, 3.8) is 0 Å². The summed E-state index contributed by atoms with van der Waals surface area (Å²) in [5.41, 5.74) is 2.76. The van der Waals surface area contributed by atoms with E-state index in [0.717, 1.165) is 26.1 Å². The standard InChI is InChI=1S/C16H24N2O/c1-16(2,3)17-10-8-15(19)18-11-9-13-6-4-5-7-14(13)12-18/h4-7,17H,8-12H2,1-3H3. The van der Waals surface area contributed by atoms with Gasteiger partial charge < -0.3 is 10.2 Å². The highest BCUT2D eigenvalue weighted by molar-refractivity contribution is 5.76. The fourth-order valence-electron chi connectivity index (χ4n) is 2.41. The molecule has 3 heteroatoms. The third-order valence-electron chi connectivity index (χ3n) is 3.48. The van der Waals surface area contributed by atoms with Crippen LogP contribution < -0.4 is 5.32 Å². The van der Waals surface area contributed by atoms with Crippen LogP contribution in [0.5, 0.6) is 0 Å². The molecule has 104 valence electrons. The first-order valence-corrected chi connectivity index (χ1v) is 7.05. The molecule has 0 radical (unpaired) electrons. The van der Waals surface area contributed by atoms with Crippen LogP contribution in [0.4, 0.5) is 0 Å². The van der Waals surface area contributed by atoms with Crippen molar-refractivity contribution in [1.29, 1.82) is 0 Å². The zero-order valence-corrected chi connectivity index (χ0v) is 12.2. The number of amides is 1. The van der Waals surface area contributed by atoms with Crippen molar-refractivity contribution in [1.82, 2.24) is 10.2 Å². The SMILES string of the molecule is CC(C)(C)NCCC(=O)N1CCc2ccccc2C1. The number of nitrogens with one attached hydrogen (secondary N) is 1. The second-order valence-electron chi connectivity index (χ2n) is 6.26. The van der Waals surface area contributed by atoms with Crippen LogP contribution in [0, 0.1) is 0 Å². The first-order chi connectivity index (χ1) is 8.96. The van der Waals surface area contributed by atoms with Gasteiger partial charge in [0.25, 0.3) is 0 Å². The second-order valence-corrected chi connectivity index (χ2v) is 6.26. The van der Waals surface area contributed by atoms with Gasteiger partial charge in [0.2, 0.25) is 5.91 Å². The molecular weight excluding hydrogens is 236 g/mol. The minimum atomic E-state index is 0.0782. The van der Waals surface area contributed by atoms with Crippen LogP contribution in [0.25, 0.3) is 0 Å². The lowest BCUT2D eigenvalue weighted by atomic mass is 10.00. The van der Waals surface area contributed by atoms with Crippen molar-refractivity contribution in [2.45, 2.75) is 45.7 Å². The Hall–Kier alpha value is -1.35. The van der Waals surface area contributed by atoms with Gasteiger partial charge in [-0.05, 0) is 38.3 Å². The molecule has 2 rings (SSSR count). The van der Waals surface area contributed by atoms with E-state index in [2.05, 4.69) is 44.3 Å². The van der Waals surface area contributed by atoms with E-state index in [1.807, 2.05) is 11.0 Å². The van der Waals surface area contributed by atoms with Gasteiger partial charge in [-0.3, -0.25) is 4.79 Å². The highest BCUT2D eigenvalue weighted by Crippen LogP contribution is 2.18. The van der Waals surface area contributed by atoms with Crippen LogP contribution in [0.3, 0.4) is 0 Å². The summed E-state index contributed by atoms with van der Waals surface area (Å²) in [5.74, 6) is 0.256. The van der Waals surface area contributed by atoms with Gasteiger partial charge in [0.15, 0.2) is 0 Å². The molecule has 19 heavy (non-hydrogen) atoms. The summed E-state index contributed by atoms with van der Waals surface area (Å²) < 4.78 is 0. The average Bonchev–Trinajstić information content (AvgIpc) is 2.36. The van der Waals surface area contributed by atoms with E-state index in [1.54, 1.807) is 0 Å². The molecule has 3 nitrogen and oxygen atoms in total. The van der Waals surface area contributed by atoms with E-state index in [-0.39, 0.29) is 11.4 Å². The van der Waals surface area contributed by atoms with Gasteiger partial charge in [0, 0.05) is 31.6 Å². The normalized spacial score (nSPS) is 15.2. The van der Waals surface area contributed by atoms with E-state index < -0.39 is 0 Å². The topological polar surface area (TPSA) is 32.3 Å². The molecule has 0 aliphatic carbocycles. The van der Waals surface area contributed by atoms with Crippen molar-refractivity contribution in [2.75, 3.05) is 13.1 Å². The van der Waals surface area contributed by atoms with Crippen molar-refractivity contribution in [2.24, 2.45) is 0 Å². The molecule has 0 atom stereocenters. The van der Waals surface area contributed by atoms with E-state index in [4.69, 9.17) is 0 Å². The monoisotopic (exact) mass is 260 g/mol. The summed E-state index contributed by atoms with van der Waals surface area (Å²) in [4.78, 5) is 14.2. The molecule has 1 aromatic rings. The van der Waals surface area contributed by atoms with Crippen molar-refractivity contribution in [3.05, 3.63) is 35.4 Å². The van der Waals surface area contributed by atoms with Crippen molar-refractivity contribution < 1.29 is 4.79 Å². The summed E-state index contributed by atoms with van der Waals surface area (Å²) in [6.07, 6.45) is 1.56. The molecule has 1 aliphatic heterocycles. The number of rotatable bonds is 3. The number of hydrogen-bond acceptors (Lipinski definition) is 2. The Kier molecular flexibility index (Phi) is 4.25. The second kappa shape index (κ2) is 5.74. The number of carbonyl (C=O) groups excluding carboxylic acids is 1. The Morgan fingerprint density at radius 2 is 1.95 bits per heavy atom. The smallest absolute Gasteiger partial charge is 0.224 e. The number of nitrogens with zero attached hydrogens (tertiary/aromatic N) is 1. The third-order valence-corrected chi connectivity index (χ3v) is 3.48. The maximum absolute atomic E-state index is 12.2. The lowest BCUT2D eigenvalue weighted by molar-refractivity contribution is -0.132. The van der Waals surface area contributed by atoms with Gasteiger partial charge in [-0.15, -0.1) is 0 Å². The molecular formula is C16H24N2O. The zero-order valence-electron chi connectivity index (χ0n) is 12.2.